The summed E-state index contributed by atoms with van der Waals surface area (Å²) in [6.07, 6.45) is 3.78. The van der Waals surface area contributed by atoms with Crippen LogP contribution in [0, 0.1) is 0 Å². The zero-order valence-corrected chi connectivity index (χ0v) is 20.1. The number of ether oxygens (including phenoxy) is 1. The average Bonchev–Trinajstić information content (AvgIpc) is 3.19. The summed E-state index contributed by atoms with van der Waals surface area (Å²) in [5, 5.41) is 12.0. The zero-order chi connectivity index (χ0) is 22.8. The number of aromatic amines is 1. The molecular weight excluding hydrogens is 460 g/mol. The molecule has 3 aromatic rings. The fraction of sp³-hybridized carbons (Fsp3) is 0.500. The number of nitrogens with zero attached hydrogens (tertiary/aromatic N) is 3. The van der Waals surface area contributed by atoms with Crippen LogP contribution < -0.4 is 5.56 Å². The Bertz CT molecular complexity index is 1150. The second kappa shape index (κ2) is 10.2. The maximum Gasteiger partial charge on any atom is 0.259 e. The molecule has 176 valence electrons. The molecule has 2 aromatic heterocycles. The minimum Gasteiger partial charge on any atom is -0.376 e. The van der Waals surface area contributed by atoms with Crippen LogP contribution in [-0.4, -0.2) is 63.9 Å². The van der Waals surface area contributed by atoms with Gasteiger partial charge in [0.15, 0.2) is 0 Å². The predicted octanol–water partition coefficient (Wildman–Crippen LogP) is 3.17. The van der Waals surface area contributed by atoms with Gasteiger partial charge in [-0.25, -0.2) is 4.98 Å². The third kappa shape index (κ3) is 5.31. The average molecular weight is 489 g/mol. The molecule has 3 heterocycles. The van der Waals surface area contributed by atoms with E-state index in [1.54, 1.807) is 11.3 Å². The lowest BCUT2D eigenvalue weighted by Gasteiger charge is -2.36. The first kappa shape index (κ1) is 23.0. The molecule has 1 fully saturated rings. The van der Waals surface area contributed by atoms with Crippen LogP contribution in [-0.2, 0) is 30.7 Å². The standard InChI is InChI=1S/C24H29ClN4O3S/c25-17-7-5-16(6-8-17)14-32-15-21(30)29-11-9-28(10-12-29)13-20-26-23(31)22-18-3-1-2-4-19(18)33-24(22)27-20/h5-8,21,30H,1-4,9-15H2,(H,26,27,31)/t21-/m1/s1. The molecule has 0 radical (unpaired) electrons. The molecule has 0 spiro atoms. The molecule has 2 aliphatic rings. The van der Waals surface area contributed by atoms with Gasteiger partial charge in [0.25, 0.3) is 5.56 Å². The van der Waals surface area contributed by atoms with Crippen LogP contribution in [0.25, 0.3) is 10.2 Å². The van der Waals surface area contributed by atoms with Crippen LogP contribution in [0.3, 0.4) is 0 Å². The molecule has 1 aliphatic carbocycles. The largest absolute Gasteiger partial charge is 0.376 e. The number of aliphatic hydroxyl groups excluding tert-OH is 1. The molecule has 2 N–H and O–H groups in total. The normalized spacial score (nSPS) is 18.5. The highest BCUT2D eigenvalue weighted by Crippen LogP contribution is 2.33. The van der Waals surface area contributed by atoms with Crippen molar-refractivity contribution < 1.29 is 9.84 Å². The quantitative estimate of drug-likeness (QED) is 0.531. The fourth-order valence-corrected chi connectivity index (χ4v) is 6.09. The summed E-state index contributed by atoms with van der Waals surface area (Å²) >= 11 is 7.59. The lowest BCUT2D eigenvalue weighted by Crippen LogP contribution is -2.51. The van der Waals surface area contributed by atoms with E-state index in [1.165, 1.54) is 16.9 Å². The van der Waals surface area contributed by atoms with E-state index < -0.39 is 6.23 Å². The smallest absolute Gasteiger partial charge is 0.259 e. The van der Waals surface area contributed by atoms with Gasteiger partial charge in [-0.1, -0.05) is 23.7 Å². The first-order chi connectivity index (χ1) is 16.1. The first-order valence-electron chi connectivity index (χ1n) is 11.6. The van der Waals surface area contributed by atoms with Crippen molar-refractivity contribution in [2.45, 2.75) is 45.1 Å². The van der Waals surface area contributed by atoms with Crippen molar-refractivity contribution in [2.24, 2.45) is 0 Å². The van der Waals surface area contributed by atoms with Crippen LogP contribution in [0.15, 0.2) is 29.1 Å². The van der Waals surface area contributed by atoms with Gasteiger partial charge in [-0.3, -0.25) is 14.6 Å². The van der Waals surface area contributed by atoms with Crippen LogP contribution in [0.1, 0.15) is 34.7 Å². The van der Waals surface area contributed by atoms with Gasteiger partial charge in [-0.15, -0.1) is 11.3 Å². The Hall–Kier alpha value is -1.81. The van der Waals surface area contributed by atoms with Gasteiger partial charge in [0.05, 0.1) is 25.1 Å². The van der Waals surface area contributed by atoms with Gasteiger partial charge < -0.3 is 14.8 Å². The Morgan fingerprint density at radius 1 is 1.15 bits per heavy atom. The summed E-state index contributed by atoms with van der Waals surface area (Å²) in [6, 6.07) is 7.52. The van der Waals surface area contributed by atoms with E-state index in [4.69, 9.17) is 21.3 Å². The highest BCUT2D eigenvalue weighted by molar-refractivity contribution is 7.18. The molecule has 0 saturated carbocycles. The number of hydrogen-bond acceptors (Lipinski definition) is 7. The summed E-state index contributed by atoms with van der Waals surface area (Å²) in [5.74, 6) is 0.728. The highest BCUT2D eigenvalue weighted by Gasteiger charge is 2.24. The third-order valence-electron chi connectivity index (χ3n) is 6.52. The van der Waals surface area contributed by atoms with E-state index in [-0.39, 0.29) is 12.2 Å². The van der Waals surface area contributed by atoms with Gasteiger partial charge in [0.2, 0.25) is 0 Å². The Balaban J connectivity index is 1.12. The van der Waals surface area contributed by atoms with Crippen LogP contribution in [0.4, 0.5) is 0 Å². The van der Waals surface area contributed by atoms with Crippen molar-refractivity contribution in [3.05, 3.63) is 61.5 Å². The lowest BCUT2D eigenvalue weighted by atomic mass is 9.97. The maximum absolute atomic E-state index is 12.8. The number of nitrogens with one attached hydrogen (secondary N) is 1. The third-order valence-corrected chi connectivity index (χ3v) is 7.96. The monoisotopic (exact) mass is 488 g/mol. The van der Waals surface area contributed by atoms with E-state index in [0.717, 1.165) is 67.0 Å². The summed E-state index contributed by atoms with van der Waals surface area (Å²) in [7, 11) is 0. The van der Waals surface area contributed by atoms with E-state index in [9.17, 15) is 9.90 Å². The Morgan fingerprint density at radius 3 is 2.70 bits per heavy atom. The van der Waals surface area contributed by atoms with Crippen molar-refractivity contribution in [2.75, 3.05) is 32.8 Å². The molecule has 0 amide bonds. The van der Waals surface area contributed by atoms with Crippen LogP contribution in [0.2, 0.25) is 5.02 Å². The highest BCUT2D eigenvalue weighted by atomic mass is 35.5. The van der Waals surface area contributed by atoms with Gasteiger partial charge in [-0.05, 0) is 48.9 Å². The number of rotatable bonds is 7. The molecule has 9 heteroatoms. The number of benzene rings is 1. The molecule has 0 unspecified atom stereocenters. The summed E-state index contributed by atoms with van der Waals surface area (Å²) in [6.45, 7) is 4.41. The van der Waals surface area contributed by atoms with Gasteiger partial charge in [-0.2, -0.15) is 0 Å². The molecule has 1 saturated heterocycles. The maximum atomic E-state index is 12.8. The summed E-state index contributed by atoms with van der Waals surface area (Å²) < 4.78 is 5.69. The number of aromatic nitrogens is 2. The summed E-state index contributed by atoms with van der Waals surface area (Å²) in [5.41, 5.74) is 2.25. The number of aryl methyl sites for hydroxylation is 2. The van der Waals surface area contributed by atoms with Crippen LogP contribution in [0.5, 0.6) is 0 Å². The van der Waals surface area contributed by atoms with E-state index in [0.29, 0.717) is 18.2 Å². The van der Waals surface area contributed by atoms with E-state index in [1.807, 2.05) is 29.2 Å². The zero-order valence-electron chi connectivity index (χ0n) is 18.6. The number of piperazine rings is 1. The van der Waals surface area contributed by atoms with E-state index in [2.05, 4.69) is 9.88 Å². The van der Waals surface area contributed by atoms with Crippen molar-refractivity contribution >= 4 is 33.2 Å². The minimum absolute atomic E-state index is 0.00120. The molecule has 1 atom stereocenters. The second-order valence-electron chi connectivity index (χ2n) is 8.84. The molecule has 5 rings (SSSR count). The number of halogens is 1. The van der Waals surface area contributed by atoms with Crippen molar-refractivity contribution in [3.63, 3.8) is 0 Å². The number of thiophene rings is 1. The molecule has 7 nitrogen and oxygen atoms in total. The number of hydrogen-bond donors (Lipinski definition) is 2. The SMILES string of the molecule is O=c1[nH]c(CN2CCN([C@H](O)COCc3ccc(Cl)cc3)CC2)nc2sc3c(c12)CCCC3. The molecule has 33 heavy (non-hydrogen) atoms. The first-order valence-corrected chi connectivity index (χ1v) is 12.8. The van der Waals surface area contributed by atoms with Crippen molar-refractivity contribution in [3.8, 4) is 0 Å². The molecular formula is C24H29ClN4O3S. The lowest BCUT2D eigenvalue weighted by molar-refractivity contribution is -0.0784. The van der Waals surface area contributed by atoms with Gasteiger partial charge >= 0.3 is 0 Å². The van der Waals surface area contributed by atoms with E-state index >= 15 is 0 Å². The minimum atomic E-state index is -0.633. The fourth-order valence-electron chi connectivity index (χ4n) is 4.68. The number of H-pyrrole nitrogens is 1. The summed E-state index contributed by atoms with van der Waals surface area (Å²) in [4.78, 5) is 27.1. The van der Waals surface area contributed by atoms with Crippen molar-refractivity contribution in [1.82, 2.24) is 19.8 Å². The second-order valence-corrected chi connectivity index (χ2v) is 10.4. The van der Waals surface area contributed by atoms with Crippen molar-refractivity contribution in [1.29, 1.82) is 0 Å². The molecule has 0 bridgehead atoms. The molecule has 1 aromatic carbocycles. The Kier molecular flexibility index (Phi) is 7.10. The topological polar surface area (TPSA) is 81.7 Å². The number of fused-ring (bicyclic) bond motifs is 3. The number of aliphatic hydroxyl groups is 1. The van der Waals surface area contributed by atoms with Gasteiger partial charge in [0, 0.05) is 36.1 Å². The van der Waals surface area contributed by atoms with Gasteiger partial charge in [0.1, 0.15) is 16.9 Å². The predicted molar refractivity (Wildman–Crippen MR) is 131 cm³/mol. The Morgan fingerprint density at radius 2 is 1.91 bits per heavy atom. The molecule has 1 aliphatic heterocycles. The van der Waals surface area contributed by atoms with Crippen LogP contribution >= 0.6 is 22.9 Å². The Labute approximate surface area is 202 Å².